The third-order valence-corrected chi connectivity index (χ3v) is 3.93. The highest BCUT2D eigenvalue weighted by Gasteiger charge is 2.62. The monoisotopic (exact) mass is 350 g/mol. The Morgan fingerprint density at radius 3 is 2.60 bits per heavy atom. The summed E-state index contributed by atoms with van der Waals surface area (Å²) < 4.78 is 51.2. The Kier molecular flexibility index (Phi) is 4.32. The highest BCUT2D eigenvalue weighted by molar-refractivity contribution is 5.56. The molecule has 1 saturated heterocycles. The molecule has 1 aromatic carbocycles. The van der Waals surface area contributed by atoms with Crippen LogP contribution in [0.5, 0.6) is 11.6 Å². The minimum absolute atomic E-state index is 0.0111. The number of ether oxygens (including phenoxy) is 2. The van der Waals surface area contributed by atoms with Gasteiger partial charge in [-0.25, -0.2) is 9.78 Å². The number of isocyanates is 1. The van der Waals surface area contributed by atoms with Crippen molar-refractivity contribution in [1.82, 2.24) is 4.98 Å². The first kappa shape index (κ1) is 17.1. The zero-order valence-electron chi connectivity index (χ0n) is 13.1. The van der Waals surface area contributed by atoms with E-state index in [1.807, 2.05) is 0 Å². The summed E-state index contributed by atoms with van der Waals surface area (Å²) in [6.45, 7) is 1.69. The van der Waals surface area contributed by atoms with Crippen molar-refractivity contribution in [3.8, 4) is 11.6 Å². The standard InChI is InChI=1S/C17H13F3N2O3/c1-11-6-7-13(21-10-23)15(22-11)25-14-5-3-2-4-12(14)16(8-9-24-16)17(18,19)20/h2-7H,8-9H2,1H3. The van der Waals surface area contributed by atoms with Crippen LogP contribution in [0.25, 0.3) is 0 Å². The summed E-state index contributed by atoms with van der Waals surface area (Å²) in [7, 11) is 0. The van der Waals surface area contributed by atoms with Gasteiger partial charge >= 0.3 is 6.18 Å². The number of aryl methyl sites for hydroxylation is 1. The molecule has 2 aromatic rings. The average Bonchev–Trinajstić information content (AvgIpc) is 2.49. The molecule has 1 fully saturated rings. The SMILES string of the molecule is Cc1ccc(N=C=O)c(Oc2ccccc2C2(C(F)(F)F)CCO2)n1. The average molecular weight is 350 g/mol. The van der Waals surface area contributed by atoms with Crippen molar-refractivity contribution in [2.24, 2.45) is 4.99 Å². The molecule has 1 aliphatic heterocycles. The van der Waals surface area contributed by atoms with Crippen LogP contribution in [0, 0.1) is 6.92 Å². The molecule has 0 spiro atoms. The molecule has 1 aliphatic rings. The van der Waals surface area contributed by atoms with Gasteiger partial charge in [0.15, 0.2) is 5.60 Å². The first-order chi connectivity index (χ1) is 11.9. The normalized spacial score (nSPS) is 19.7. The summed E-state index contributed by atoms with van der Waals surface area (Å²) in [6.07, 6.45) is -3.41. The fourth-order valence-corrected chi connectivity index (χ4v) is 2.62. The molecule has 0 N–H and O–H groups in total. The van der Waals surface area contributed by atoms with Crippen LogP contribution < -0.4 is 4.74 Å². The summed E-state index contributed by atoms with van der Waals surface area (Å²) in [5.74, 6) is -0.132. The predicted molar refractivity (Wildman–Crippen MR) is 81.6 cm³/mol. The largest absolute Gasteiger partial charge is 0.437 e. The maximum absolute atomic E-state index is 13.6. The lowest BCUT2D eigenvalue weighted by molar-refractivity contribution is -0.333. The van der Waals surface area contributed by atoms with E-state index in [1.165, 1.54) is 30.3 Å². The number of aromatic nitrogens is 1. The molecule has 0 amide bonds. The molecule has 0 bridgehead atoms. The molecule has 8 heteroatoms. The van der Waals surface area contributed by atoms with Crippen molar-refractivity contribution in [3.05, 3.63) is 47.7 Å². The van der Waals surface area contributed by atoms with E-state index >= 15 is 0 Å². The molecule has 0 aliphatic carbocycles. The predicted octanol–water partition coefficient (Wildman–Crippen LogP) is 4.33. The topological polar surface area (TPSA) is 60.8 Å². The smallest absolute Gasteiger partial charge is 0.421 e. The molecule has 0 radical (unpaired) electrons. The molecule has 0 saturated carbocycles. The Morgan fingerprint density at radius 1 is 1.28 bits per heavy atom. The lowest BCUT2D eigenvalue weighted by atomic mass is 9.85. The second-order valence-electron chi connectivity index (χ2n) is 5.50. The number of rotatable bonds is 4. The van der Waals surface area contributed by atoms with Gasteiger partial charge in [-0.2, -0.15) is 18.2 Å². The van der Waals surface area contributed by atoms with Crippen LogP contribution in [0.1, 0.15) is 17.7 Å². The number of carbonyl (C=O) groups excluding carboxylic acids is 1. The molecule has 1 atom stereocenters. The van der Waals surface area contributed by atoms with E-state index in [0.29, 0.717) is 5.69 Å². The number of aliphatic imine (C=N–C) groups is 1. The van der Waals surface area contributed by atoms with E-state index < -0.39 is 11.8 Å². The second kappa shape index (κ2) is 6.31. The number of para-hydroxylation sites is 1. The molecule has 3 rings (SSSR count). The molecule has 1 aromatic heterocycles. The maximum atomic E-state index is 13.6. The van der Waals surface area contributed by atoms with Crippen molar-refractivity contribution in [3.63, 3.8) is 0 Å². The number of alkyl halides is 3. The van der Waals surface area contributed by atoms with Gasteiger partial charge in [-0.15, -0.1) is 0 Å². The molecule has 5 nitrogen and oxygen atoms in total. The van der Waals surface area contributed by atoms with Crippen molar-refractivity contribution in [1.29, 1.82) is 0 Å². The quantitative estimate of drug-likeness (QED) is 0.608. The van der Waals surface area contributed by atoms with Gasteiger partial charge in [-0.1, -0.05) is 18.2 Å². The Bertz CT molecular complexity index is 841. The van der Waals surface area contributed by atoms with E-state index in [-0.39, 0.29) is 35.9 Å². The van der Waals surface area contributed by atoms with E-state index in [0.717, 1.165) is 0 Å². The second-order valence-corrected chi connectivity index (χ2v) is 5.50. The van der Waals surface area contributed by atoms with Crippen LogP contribution in [0.15, 0.2) is 41.4 Å². The van der Waals surface area contributed by atoms with Gasteiger partial charge in [0, 0.05) is 17.7 Å². The van der Waals surface area contributed by atoms with Crippen molar-refractivity contribution < 1.29 is 27.4 Å². The van der Waals surface area contributed by atoms with Crippen LogP contribution in [0.4, 0.5) is 18.9 Å². The number of nitrogens with zero attached hydrogens (tertiary/aromatic N) is 2. The highest BCUT2D eigenvalue weighted by atomic mass is 19.4. The van der Waals surface area contributed by atoms with Crippen LogP contribution >= 0.6 is 0 Å². The number of benzene rings is 1. The number of hydrogen-bond acceptors (Lipinski definition) is 5. The number of hydrogen-bond donors (Lipinski definition) is 0. The fourth-order valence-electron chi connectivity index (χ4n) is 2.62. The fraction of sp³-hybridized carbons (Fsp3) is 0.294. The molecular formula is C17H13F3N2O3. The van der Waals surface area contributed by atoms with Gasteiger partial charge in [0.05, 0.1) is 6.61 Å². The Balaban J connectivity index is 2.07. The van der Waals surface area contributed by atoms with Gasteiger partial charge < -0.3 is 9.47 Å². The van der Waals surface area contributed by atoms with Gasteiger partial charge in [-0.3, -0.25) is 0 Å². The van der Waals surface area contributed by atoms with E-state index in [9.17, 15) is 18.0 Å². The van der Waals surface area contributed by atoms with E-state index in [1.54, 1.807) is 19.1 Å². The lowest BCUT2D eigenvalue weighted by Gasteiger charge is -2.43. The zero-order chi connectivity index (χ0) is 18.1. The van der Waals surface area contributed by atoms with Crippen molar-refractivity contribution >= 4 is 11.8 Å². The zero-order valence-corrected chi connectivity index (χ0v) is 13.1. The minimum atomic E-state index is -4.59. The van der Waals surface area contributed by atoms with Crippen LogP contribution in [0.2, 0.25) is 0 Å². The Labute approximate surface area is 141 Å². The van der Waals surface area contributed by atoms with Crippen molar-refractivity contribution in [2.45, 2.75) is 25.1 Å². The van der Waals surface area contributed by atoms with Gasteiger partial charge in [0.2, 0.25) is 12.0 Å². The number of pyridine rings is 1. The number of halogens is 3. The summed E-state index contributed by atoms with van der Waals surface area (Å²) in [4.78, 5) is 18.1. The molecular weight excluding hydrogens is 337 g/mol. The lowest BCUT2D eigenvalue weighted by Crippen LogP contribution is -2.52. The van der Waals surface area contributed by atoms with E-state index in [2.05, 4.69) is 9.98 Å². The van der Waals surface area contributed by atoms with Crippen molar-refractivity contribution in [2.75, 3.05) is 6.61 Å². The summed E-state index contributed by atoms with van der Waals surface area (Å²) >= 11 is 0. The molecule has 1 unspecified atom stereocenters. The third kappa shape index (κ3) is 3.01. The van der Waals surface area contributed by atoms with Crippen LogP contribution in [0.3, 0.4) is 0 Å². The Hall–Kier alpha value is -2.70. The molecule has 130 valence electrons. The minimum Gasteiger partial charge on any atom is -0.437 e. The molecule has 2 heterocycles. The highest BCUT2D eigenvalue weighted by Crippen LogP contribution is 2.53. The maximum Gasteiger partial charge on any atom is 0.421 e. The third-order valence-electron chi connectivity index (χ3n) is 3.93. The van der Waals surface area contributed by atoms with E-state index in [4.69, 9.17) is 9.47 Å². The van der Waals surface area contributed by atoms with Crippen LogP contribution in [-0.2, 0) is 15.1 Å². The summed E-state index contributed by atoms with van der Waals surface area (Å²) in [5.41, 5.74) is -1.91. The Morgan fingerprint density at radius 2 is 2.00 bits per heavy atom. The summed E-state index contributed by atoms with van der Waals surface area (Å²) in [6, 6.07) is 8.79. The van der Waals surface area contributed by atoms with Crippen LogP contribution in [-0.4, -0.2) is 23.8 Å². The first-order valence-electron chi connectivity index (χ1n) is 7.41. The van der Waals surface area contributed by atoms with Gasteiger partial charge in [0.25, 0.3) is 0 Å². The summed E-state index contributed by atoms with van der Waals surface area (Å²) in [5, 5.41) is 0. The molecule has 25 heavy (non-hydrogen) atoms. The van der Waals surface area contributed by atoms with Gasteiger partial charge in [-0.05, 0) is 25.1 Å². The first-order valence-corrected chi connectivity index (χ1v) is 7.41. The van der Waals surface area contributed by atoms with Gasteiger partial charge in [0.1, 0.15) is 11.4 Å².